The number of nitrogens with two attached hydrogens (primary N) is 1. The van der Waals surface area contributed by atoms with Crippen molar-refractivity contribution in [2.24, 2.45) is 0 Å². The van der Waals surface area contributed by atoms with Crippen LogP contribution in [-0.4, -0.2) is 52.3 Å². The van der Waals surface area contributed by atoms with Crippen LogP contribution in [-0.2, 0) is 49.8 Å². The number of nitriles is 2. The highest BCUT2D eigenvalue weighted by atomic mass is 32.2. The molecule has 0 bridgehead atoms. The average Bonchev–Trinajstić information content (AvgIpc) is 3.33. The fraction of sp³-hybridized carbons (Fsp3) is 0.263. The lowest BCUT2D eigenvalue weighted by molar-refractivity contribution is -0.139. The van der Waals surface area contributed by atoms with E-state index in [-0.39, 0.29) is 18.6 Å². The number of hydrogen-bond acceptors (Lipinski definition) is 11. The maximum Gasteiger partial charge on any atom is 0.408 e. The molecule has 0 spiro atoms. The van der Waals surface area contributed by atoms with Crippen LogP contribution in [0.5, 0.6) is 0 Å². The number of carboxylic acid groups (broad SMARTS) is 1. The van der Waals surface area contributed by atoms with E-state index in [1.807, 2.05) is 121 Å². The van der Waals surface area contributed by atoms with Gasteiger partial charge in [0.25, 0.3) is 0 Å². The molecular formula is C57H61N5O7S2. The quantitative estimate of drug-likeness (QED) is 0.0528. The molecule has 0 aliphatic rings. The van der Waals surface area contributed by atoms with Gasteiger partial charge in [-0.05, 0) is 106 Å². The number of carbonyl (C=O) groups excluding carboxylic acids is 3. The first-order chi connectivity index (χ1) is 33.8. The second-order valence-electron chi connectivity index (χ2n) is 18.1. The molecule has 0 aromatic heterocycles. The predicted octanol–water partition coefficient (Wildman–Crippen LogP) is 11.7. The lowest BCUT2D eigenvalue weighted by Gasteiger charge is -2.23. The molecule has 6 aromatic rings. The van der Waals surface area contributed by atoms with Gasteiger partial charge in [-0.3, -0.25) is 4.79 Å². The number of nitrogen functional groups attached to an aromatic ring is 1. The van der Waals surface area contributed by atoms with Crippen LogP contribution in [0.1, 0.15) is 80.5 Å². The Morgan fingerprint density at radius 2 is 0.930 bits per heavy atom. The first kappa shape index (κ1) is 56.1. The van der Waals surface area contributed by atoms with Crippen LogP contribution in [0, 0.1) is 22.7 Å². The van der Waals surface area contributed by atoms with Crippen molar-refractivity contribution in [3.8, 4) is 12.1 Å². The van der Waals surface area contributed by atoms with E-state index in [1.54, 1.807) is 77.2 Å². The summed E-state index contributed by atoms with van der Waals surface area (Å²) in [7, 11) is 0. The van der Waals surface area contributed by atoms with E-state index in [0.29, 0.717) is 23.2 Å². The number of aliphatic carboxylic acids is 1. The third-order valence-electron chi connectivity index (χ3n) is 9.78. The van der Waals surface area contributed by atoms with E-state index in [2.05, 4.69) is 47.0 Å². The van der Waals surface area contributed by atoms with Crippen molar-refractivity contribution in [2.45, 2.75) is 105 Å². The molecule has 0 fully saturated rings. The molecule has 6 aromatic carbocycles. The van der Waals surface area contributed by atoms with Crippen molar-refractivity contribution in [2.75, 3.05) is 5.73 Å². The molecule has 2 amide bonds. The van der Waals surface area contributed by atoms with E-state index in [4.69, 9.17) is 25.6 Å². The minimum Gasteiger partial charge on any atom is -0.480 e. The zero-order chi connectivity index (χ0) is 51.8. The number of alkyl carbamates (subject to hydrolysis) is 2. The molecule has 5 N–H and O–H groups in total. The number of Topliss-reactive ketones (excluding diaryl/α,β-unsaturated/α-hetero) is 1. The summed E-state index contributed by atoms with van der Waals surface area (Å²) in [5.41, 5.74) is 11.1. The van der Waals surface area contributed by atoms with E-state index in [9.17, 15) is 24.4 Å². The molecule has 0 aliphatic heterocycles. The molecule has 0 radical (unpaired) electrons. The maximum atomic E-state index is 13.3. The van der Waals surface area contributed by atoms with Crippen molar-refractivity contribution in [3.63, 3.8) is 0 Å². The van der Waals surface area contributed by atoms with Crippen molar-refractivity contribution in [3.05, 3.63) is 197 Å². The average molecular weight is 992 g/mol. The third kappa shape index (κ3) is 21.8. The summed E-state index contributed by atoms with van der Waals surface area (Å²) in [5.74, 6) is 0.384. The Bertz CT molecular complexity index is 2730. The summed E-state index contributed by atoms with van der Waals surface area (Å²) < 4.78 is 10.4. The Kier molecular flexibility index (Phi) is 22.3. The highest BCUT2D eigenvalue weighted by molar-refractivity contribution is 7.98. The fourth-order valence-corrected chi connectivity index (χ4v) is 8.38. The van der Waals surface area contributed by atoms with Crippen LogP contribution in [0.25, 0.3) is 0 Å². The van der Waals surface area contributed by atoms with Gasteiger partial charge in [-0.15, -0.1) is 23.5 Å². The van der Waals surface area contributed by atoms with Gasteiger partial charge in [-0.25, -0.2) is 14.4 Å². The number of benzene rings is 6. The number of nitrogens with zero attached hydrogens (tertiary/aromatic N) is 2. The van der Waals surface area contributed by atoms with Gasteiger partial charge in [0.05, 0.1) is 17.2 Å². The van der Waals surface area contributed by atoms with Gasteiger partial charge in [-0.1, -0.05) is 127 Å². The number of ether oxygens (including phenoxy) is 2. The molecule has 2 atom stereocenters. The number of thioether (sulfide) groups is 2. The minimum absolute atomic E-state index is 0.103. The second-order valence-corrected chi connectivity index (χ2v) is 20.2. The largest absolute Gasteiger partial charge is 0.480 e. The van der Waals surface area contributed by atoms with Gasteiger partial charge in [0, 0.05) is 39.8 Å². The highest BCUT2D eigenvalue weighted by Gasteiger charge is 2.26. The van der Waals surface area contributed by atoms with E-state index < -0.39 is 41.4 Å². The smallest absolute Gasteiger partial charge is 0.408 e. The van der Waals surface area contributed by atoms with Crippen LogP contribution in [0.3, 0.4) is 0 Å². The van der Waals surface area contributed by atoms with E-state index in [0.717, 1.165) is 38.0 Å². The lowest BCUT2D eigenvalue weighted by Crippen LogP contribution is -2.45. The van der Waals surface area contributed by atoms with E-state index in [1.165, 1.54) is 11.1 Å². The number of carboxylic acids is 1. The molecule has 0 saturated carbocycles. The summed E-state index contributed by atoms with van der Waals surface area (Å²) in [6.07, 6.45) is -0.677. The number of anilines is 1. The normalized spacial score (nSPS) is 11.5. The van der Waals surface area contributed by atoms with Crippen LogP contribution in [0.4, 0.5) is 15.3 Å². The van der Waals surface area contributed by atoms with Crippen molar-refractivity contribution >= 4 is 53.2 Å². The Hall–Kier alpha value is -7.52. The van der Waals surface area contributed by atoms with Crippen LogP contribution in [0.2, 0.25) is 0 Å². The Balaban J connectivity index is 0.000000256. The predicted molar refractivity (Wildman–Crippen MR) is 282 cm³/mol. The number of nitrogens with one attached hydrogen (secondary N) is 2. The zero-order valence-corrected chi connectivity index (χ0v) is 42.5. The number of carbonyl (C=O) groups is 4. The van der Waals surface area contributed by atoms with Gasteiger partial charge in [0.2, 0.25) is 0 Å². The maximum absolute atomic E-state index is 13.3. The fourth-order valence-electron chi connectivity index (χ4n) is 6.50. The summed E-state index contributed by atoms with van der Waals surface area (Å²) in [5, 5.41) is 32.9. The van der Waals surface area contributed by atoms with Gasteiger partial charge in [0.1, 0.15) is 29.4 Å². The molecule has 0 aliphatic carbocycles. The van der Waals surface area contributed by atoms with Gasteiger partial charge >= 0.3 is 18.2 Å². The number of ketones is 1. The standard InChI is InChI=1S/C29H30N2O3S.C14H12N2S.C14H19NO4/c1-29(2,3)34-28(33)31-25(17-21-10-6-4-7-11-21)26(32)18-23-14-15-27(24(16-23)19-30)35-20-22-12-8-5-9-13-22;15-9-12-8-13(16)6-7-14(12)17-10-11-4-2-1-3-5-11;1-14(2,3)19-13(18)15-11(12(16)17)9-10-7-5-4-6-8-10/h4-16,25H,17-18,20H2,1-3H3,(H,31,33);1-8H,10,16H2;4-8,11H,9H2,1-3H3,(H,15,18)(H,16,17)/t25-;;11-/m0.0/s1. The molecule has 12 nitrogen and oxygen atoms in total. The third-order valence-corrected chi connectivity index (χ3v) is 12.1. The minimum atomic E-state index is -1.09. The van der Waals surface area contributed by atoms with Crippen LogP contribution < -0.4 is 16.4 Å². The Morgan fingerprint density at radius 3 is 1.34 bits per heavy atom. The summed E-state index contributed by atoms with van der Waals surface area (Å²) in [4.78, 5) is 50.2. The lowest BCUT2D eigenvalue weighted by atomic mass is 9.97. The molecule has 6 rings (SSSR count). The van der Waals surface area contributed by atoms with Crippen molar-refractivity contribution < 1.29 is 33.8 Å². The molecule has 0 heterocycles. The highest BCUT2D eigenvalue weighted by Crippen LogP contribution is 2.29. The zero-order valence-electron chi connectivity index (χ0n) is 40.9. The Morgan fingerprint density at radius 1 is 0.549 bits per heavy atom. The van der Waals surface area contributed by atoms with Gasteiger partial charge < -0.3 is 30.9 Å². The number of hydrogen-bond donors (Lipinski definition) is 4. The molecule has 0 saturated heterocycles. The molecule has 0 unspecified atom stereocenters. The molecular weight excluding hydrogens is 931 g/mol. The van der Waals surface area contributed by atoms with Gasteiger partial charge in [-0.2, -0.15) is 10.5 Å². The molecule has 71 heavy (non-hydrogen) atoms. The number of rotatable bonds is 16. The first-order valence-electron chi connectivity index (χ1n) is 22.8. The Labute approximate surface area is 426 Å². The van der Waals surface area contributed by atoms with E-state index >= 15 is 0 Å². The topological polar surface area (TPSA) is 205 Å². The van der Waals surface area contributed by atoms with Crippen LogP contribution in [0.15, 0.2) is 168 Å². The summed E-state index contributed by atoms with van der Waals surface area (Å²) in [6.45, 7) is 10.5. The van der Waals surface area contributed by atoms with Crippen LogP contribution >= 0.6 is 23.5 Å². The second kappa shape index (κ2) is 28.2. The van der Waals surface area contributed by atoms with Gasteiger partial charge in [0.15, 0.2) is 5.78 Å². The SMILES string of the molecule is CC(C)(C)OC(=O)N[C@@H](Cc1ccccc1)C(=O)Cc1ccc(SCc2ccccc2)c(C#N)c1.CC(C)(C)OC(=O)N[C@@H](Cc1ccccc1)C(=O)O.N#Cc1cc(N)ccc1SCc1ccccc1. The monoisotopic (exact) mass is 991 g/mol. The number of amides is 2. The molecule has 14 heteroatoms. The summed E-state index contributed by atoms with van der Waals surface area (Å²) in [6, 6.07) is 52.6. The van der Waals surface area contributed by atoms with Crippen molar-refractivity contribution in [1.82, 2.24) is 10.6 Å². The summed E-state index contributed by atoms with van der Waals surface area (Å²) >= 11 is 3.25. The molecule has 368 valence electrons. The van der Waals surface area contributed by atoms with Crippen molar-refractivity contribution in [1.29, 1.82) is 10.5 Å². The first-order valence-corrected chi connectivity index (χ1v) is 24.8.